The van der Waals surface area contributed by atoms with E-state index in [-0.39, 0.29) is 5.52 Å². The third kappa shape index (κ3) is 3.01. The predicted octanol–water partition coefficient (Wildman–Crippen LogP) is 4.55. The summed E-state index contributed by atoms with van der Waals surface area (Å²) >= 11 is 0. The molecule has 1 unspecified atom stereocenters. The fraction of sp³-hybridized carbons (Fsp3) is 0.167. The van der Waals surface area contributed by atoms with E-state index in [1.54, 1.807) is 18.2 Å². The molecule has 0 aliphatic carbocycles. The second-order valence-electron chi connectivity index (χ2n) is 5.14. The number of carbonyl (C=O) groups is 1. The van der Waals surface area contributed by atoms with Crippen molar-refractivity contribution in [2.75, 3.05) is 0 Å². The molecule has 0 amide bonds. The van der Waals surface area contributed by atoms with Crippen LogP contribution in [0.15, 0.2) is 43.0 Å². The first-order valence-electron chi connectivity index (χ1n) is 6.76. The molecule has 0 saturated carbocycles. The molecule has 0 N–H and O–H groups in total. The third-order valence-electron chi connectivity index (χ3n) is 3.45. The van der Waals surface area contributed by atoms with E-state index < -0.39 is 7.80 Å². The van der Waals surface area contributed by atoms with Crippen molar-refractivity contribution in [3.05, 3.63) is 70.8 Å². The van der Waals surface area contributed by atoms with Crippen molar-refractivity contribution in [3.63, 3.8) is 0 Å². The number of aryl methyl sites for hydroxylation is 3. The van der Waals surface area contributed by atoms with Crippen LogP contribution in [0.2, 0.25) is 0 Å². The lowest BCUT2D eigenvalue weighted by Crippen LogP contribution is -2.09. The van der Waals surface area contributed by atoms with Gasteiger partial charge >= 0.3 is 13.3 Å². The van der Waals surface area contributed by atoms with Gasteiger partial charge < -0.3 is 0 Å². The number of hydrogen-bond acceptors (Lipinski definition) is 2. The highest BCUT2D eigenvalue weighted by Gasteiger charge is 2.36. The summed E-state index contributed by atoms with van der Waals surface area (Å²) in [6, 6.07) is 11.1. The highest BCUT2D eigenvalue weighted by molar-refractivity contribution is 7.71. The molecular formula is C18H18O2P+. The molecule has 2 rings (SSSR count). The molecule has 21 heavy (non-hydrogen) atoms. The lowest BCUT2D eigenvalue weighted by Gasteiger charge is -2.05. The minimum atomic E-state index is -2.14. The zero-order valence-electron chi connectivity index (χ0n) is 12.5. The zero-order valence-corrected chi connectivity index (χ0v) is 13.4. The van der Waals surface area contributed by atoms with Crippen molar-refractivity contribution in [2.45, 2.75) is 20.8 Å². The number of hydrogen-bond donors (Lipinski definition) is 0. The van der Waals surface area contributed by atoms with Crippen LogP contribution >= 0.6 is 7.80 Å². The van der Waals surface area contributed by atoms with Crippen molar-refractivity contribution in [2.24, 2.45) is 0 Å². The molecule has 2 aromatic rings. The molecule has 0 radical (unpaired) electrons. The second-order valence-corrected chi connectivity index (χ2v) is 6.61. The van der Waals surface area contributed by atoms with Gasteiger partial charge in [-0.25, -0.2) is 4.79 Å². The summed E-state index contributed by atoms with van der Waals surface area (Å²) in [5.41, 5.74) is 3.85. The first-order valence-corrected chi connectivity index (χ1v) is 8.02. The van der Waals surface area contributed by atoms with Gasteiger partial charge in [0, 0.05) is 5.56 Å². The molecule has 0 aliphatic heterocycles. The third-order valence-corrected chi connectivity index (χ3v) is 4.89. The maximum absolute atomic E-state index is 12.7. The summed E-state index contributed by atoms with van der Waals surface area (Å²) in [6.45, 7) is 9.47. The van der Waals surface area contributed by atoms with Crippen LogP contribution in [0.4, 0.5) is 0 Å². The number of carbonyl (C=O) groups excluding carboxylic acids is 1. The topological polar surface area (TPSA) is 34.1 Å². The number of benzene rings is 2. The van der Waals surface area contributed by atoms with Crippen LogP contribution in [0.1, 0.15) is 32.6 Å². The van der Waals surface area contributed by atoms with E-state index in [4.69, 9.17) is 0 Å². The second kappa shape index (κ2) is 6.15. The summed E-state index contributed by atoms with van der Waals surface area (Å²) < 4.78 is 12.7. The summed E-state index contributed by atoms with van der Waals surface area (Å²) in [5, 5.41) is 0.548. The molecule has 2 aromatic carbocycles. The van der Waals surface area contributed by atoms with Gasteiger partial charge in [0.05, 0.1) is 5.56 Å². The smallest absolute Gasteiger partial charge is 0.234 e. The van der Waals surface area contributed by atoms with Gasteiger partial charge in [-0.1, -0.05) is 53.1 Å². The maximum atomic E-state index is 12.7. The first kappa shape index (κ1) is 15.3. The molecule has 0 bridgehead atoms. The van der Waals surface area contributed by atoms with E-state index in [1.165, 1.54) is 0 Å². The SMILES string of the molecule is C=Cc1ccccc1[P+](=O)C(=O)c1c(C)cc(C)cc1C. The van der Waals surface area contributed by atoms with Crippen molar-refractivity contribution >= 4 is 24.7 Å². The molecule has 2 nitrogen and oxygen atoms in total. The first-order chi connectivity index (χ1) is 9.95. The Balaban J connectivity index is 2.50. The fourth-order valence-electron chi connectivity index (χ4n) is 2.57. The molecule has 1 atom stereocenters. The van der Waals surface area contributed by atoms with Gasteiger partial charge in [0.15, 0.2) is 0 Å². The monoisotopic (exact) mass is 297 g/mol. The van der Waals surface area contributed by atoms with Gasteiger partial charge in [0.1, 0.15) is 0 Å². The molecule has 0 saturated heterocycles. The van der Waals surface area contributed by atoms with Gasteiger partial charge in [-0.05, 0) is 38.0 Å². The van der Waals surface area contributed by atoms with Crippen molar-refractivity contribution in [1.29, 1.82) is 0 Å². The van der Waals surface area contributed by atoms with Crippen molar-refractivity contribution in [1.82, 2.24) is 0 Å². The van der Waals surface area contributed by atoms with Crippen LogP contribution in [0.3, 0.4) is 0 Å². The van der Waals surface area contributed by atoms with E-state index >= 15 is 0 Å². The minimum absolute atomic E-state index is 0.311. The van der Waals surface area contributed by atoms with Crippen LogP contribution in [-0.2, 0) is 4.57 Å². The summed E-state index contributed by atoms with van der Waals surface area (Å²) in [4.78, 5) is 12.6. The highest BCUT2D eigenvalue weighted by Crippen LogP contribution is 2.31. The largest absolute Gasteiger partial charge is 0.459 e. The van der Waals surface area contributed by atoms with Gasteiger partial charge in [0.2, 0.25) is 5.30 Å². The van der Waals surface area contributed by atoms with Crippen molar-refractivity contribution in [3.8, 4) is 0 Å². The Hall–Kier alpha value is -2.05. The average molecular weight is 297 g/mol. The Kier molecular flexibility index (Phi) is 4.50. The lowest BCUT2D eigenvalue weighted by molar-refractivity contribution is 0.107. The van der Waals surface area contributed by atoms with Gasteiger partial charge in [-0.3, -0.25) is 0 Å². The van der Waals surface area contributed by atoms with E-state index in [2.05, 4.69) is 6.58 Å². The van der Waals surface area contributed by atoms with Gasteiger partial charge in [0.25, 0.3) is 0 Å². The summed E-state index contributed by atoms with van der Waals surface area (Å²) in [5.74, 6) is 0. The minimum Gasteiger partial charge on any atom is -0.234 e. The standard InChI is InChI=1S/C18H18O2P/c1-5-15-8-6-7-9-16(15)21(20)18(19)17-13(3)10-12(2)11-14(17)4/h5-11H,1H2,2-4H3/q+1. The Morgan fingerprint density at radius 3 is 2.24 bits per heavy atom. The van der Waals surface area contributed by atoms with E-state index in [0.29, 0.717) is 10.9 Å². The molecule has 0 spiro atoms. The molecule has 0 aromatic heterocycles. The average Bonchev–Trinajstić information content (AvgIpc) is 2.45. The quantitative estimate of drug-likeness (QED) is 0.776. The van der Waals surface area contributed by atoms with Crippen LogP contribution in [0.25, 0.3) is 6.08 Å². The van der Waals surface area contributed by atoms with Gasteiger partial charge in [-0.15, -0.1) is 0 Å². The Bertz CT molecular complexity index is 722. The van der Waals surface area contributed by atoms with Crippen LogP contribution in [0, 0.1) is 20.8 Å². The zero-order chi connectivity index (χ0) is 15.6. The predicted molar refractivity (Wildman–Crippen MR) is 88.8 cm³/mol. The Labute approximate surface area is 126 Å². The molecule has 106 valence electrons. The van der Waals surface area contributed by atoms with Crippen molar-refractivity contribution < 1.29 is 9.36 Å². The van der Waals surface area contributed by atoms with Crippen LogP contribution in [0.5, 0.6) is 0 Å². The maximum Gasteiger partial charge on any atom is 0.459 e. The van der Waals surface area contributed by atoms with Crippen LogP contribution in [-0.4, -0.2) is 5.52 Å². The van der Waals surface area contributed by atoms with E-state index in [9.17, 15) is 9.36 Å². The van der Waals surface area contributed by atoms with E-state index in [0.717, 1.165) is 22.3 Å². The fourth-order valence-corrected chi connectivity index (χ4v) is 3.97. The molecular weight excluding hydrogens is 279 g/mol. The Morgan fingerprint density at radius 1 is 1.10 bits per heavy atom. The molecule has 0 heterocycles. The molecule has 0 aliphatic rings. The molecule has 0 fully saturated rings. The van der Waals surface area contributed by atoms with Crippen LogP contribution < -0.4 is 5.30 Å². The molecule has 3 heteroatoms. The normalized spacial score (nSPS) is 11.1. The highest BCUT2D eigenvalue weighted by atomic mass is 31.1. The van der Waals surface area contributed by atoms with E-state index in [1.807, 2.05) is 45.0 Å². The number of rotatable bonds is 4. The lowest BCUT2D eigenvalue weighted by atomic mass is 10.0. The summed E-state index contributed by atoms with van der Waals surface area (Å²) in [7, 11) is -2.14. The summed E-state index contributed by atoms with van der Waals surface area (Å²) in [6.07, 6.45) is 1.63. The Morgan fingerprint density at radius 2 is 1.67 bits per heavy atom. The van der Waals surface area contributed by atoms with Gasteiger partial charge in [-0.2, -0.15) is 0 Å².